The Morgan fingerprint density at radius 1 is 1.00 bits per heavy atom. The number of hydrogen-bond donors (Lipinski definition) is 0. The molecule has 0 saturated carbocycles. The summed E-state index contributed by atoms with van der Waals surface area (Å²) < 4.78 is 30.8. The number of piperazine rings is 1. The lowest BCUT2D eigenvalue weighted by molar-refractivity contribution is -0.150. The Balaban J connectivity index is 1.49. The zero-order valence-electron chi connectivity index (χ0n) is 17.3. The average molecular weight is 434 g/mol. The molecule has 1 aromatic rings. The SMILES string of the molecule is CC1=C(C(=O)N2CCN(c3ccccc3)CC2)C2(CCN(S(C)(=O)=O)CC2)OC1=O. The van der Waals surface area contributed by atoms with Crippen molar-refractivity contribution in [2.45, 2.75) is 25.4 Å². The van der Waals surface area contributed by atoms with Gasteiger partial charge in [0.1, 0.15) is 5.60 Å². The molecule has 2 saturated heterocycles. The van der Waals surface area contributed by atoms with E-state index in [1.807, 2.05) is 18.2 Å². The van der Waals surface area contributed by atoms with Crippen LogP contribution in [0.4, 0.5) is 5.69 Å². The summed E-state index contributed by atoms with van der Waals surface area (Å²) in [6.07, 6.45) is 1.77. The number of hydrogen-bond acceptors (Lipinski definition) is 6. The van der Waals surface area contributed by atoms with E-state index in [1.54, 1.807) is 11.8 Å². The third-order valence-corrected chi connectivity index (χ3v) is 7.63. The summed E-state index contributed by atoms with van der Waals surface area (Å²) in [4.78, 5) is 29.8. The predicted molar refractivity (Wildman–Crippen MR) is 112 cm³/mol. The molecule has 0 aliphatic carbocycles. The molecule has 1 amide bonds. The molecule has 0 radical (unpaired) electrons. The molecule has 1 spiro atoms. The van der Waals surface area contributed by atoms with Gasteiger partial charge in [-0.1, -0.05) is 18.2 Å². The van der Waals surface area contributed by atoms with Crippen LogP contribution in [0.25, 0.3) is 0 Å². The van der Waals surface area contributed by atoms with E-state index in [4.69, 9.17) is 4.74 Å². The number of esters is 1. The van der Waals surface area contributed by atoms with Gasteiger partial charge in [-0.2, -0.15) is 0 Å². The Hall–Kier alpha value is -2.39. The smallest absolute Gasteiger partial charge is 0.335 e. The molecule has 3 aliphatic heterocycles. The van der Waals surface area contributed by atoms with Crippen LogP contribution in [0, 0.1) is 0 Å². The quantitative estimate of drug-likeness (QED) is 0.661. The van der Waals surface area contributed by atoms with Crippen LogP contribution < -0.4 is 4.90 Å². The minimum Gasteiger partial charge on any atom is -0.450 e. The Bertz CT molecular complexity index is 973. The molecule has 1 aromatic carbocycles. The number of ether oxygens (including phenoxy) is 1. The Labute approximate surface area is 177 Å². The topological polar surface area (TPSA) is 87.2 Å². The summed E-state index contributed by atoms with van der Waals surface area (Å²) in [5.74, 6) is -0.645. The summed E-state index contributed by atoms with van der Waals surface area (Å²) in [7, 11) is -3.31. The molecule has 2 fully saturated rings. The molecular weight excluding hydrogens is 406 g/mol. The van der Waals surface area contributed by atoms with Gasteiger partial charge in [0.15, 0.2) is 0 Å². The van der Waals surface area contributed by atoms with E-state index in [9.17, 15) is 18.0 Å². The number of sulfonamides is 1. The largest absolute Gasteiger partial charge is 0.450 e. The van der Waals surface area contributed by atoms with Gasteiger partial charge < -0.3 is 14.5 Å². The zero-order valence-corrected chi connectivity index (χ0v) is 18.2. The first-order valence-corrected chi connectivity index (χ1v) is 12.1. The molecule has 162 valence electrons. The van der Waals surface area contributed by atoms with Crippen molar-refractivity contribution >= 4 is 27.6 Å². The van der Waals surface area contributed by atoms with E-state index in [0.29, 0.717) is 50.2 Å². The minimum atomic E-state index is -3.31. The first-order chi connectivity index (χ1) is 14.2. The maximum atomic E-state index is 13.4. The number of benzene rings is 1. The van der Waals surface area contributed by atoms with E-state index in [1.165, 1.54) is 10.6 Å². The number of nitrogens with zero attached hydrogens (tertiary/aromatic N) is 3. The molecule has 30 heavy (non-hydrogen) atoms. The number of piperidine rings is 1. The van der Waals surface area contributed by atoms with Gasteiger partial charge in [-0.3, -0.25) is 4.79 Å². The molecule has 8 nitrogen and oxygen atoms in total. The van der Waals surface area contributed by atoms with Gasteiger partial charge in [-0.05, 0) is 19.1 Å². The third-order valence-electron chi connectivity index (χ3n) is 6.33. The minimum absolute atomic E-state index is 0.168. The molecule has 0 unspecified atom stereocenters. The van der Waals surface area contributed by atoms with Crippen molar-refractivity contribution in [3.8, 4) is 0 Å². The second-order valence-electron chi connectivity index (χ2n) is 8.16. The van der Waals surface area contributed by atoms with Crippen LogP contribution in [0.3, 0.4) is 0 Å². The molecule has 0 atom stereocenters. The van der Waals surface area contributed by atoms with E-state index >= 15 is 0 Å². The lowest BCUT2D eigenvalue weighted by Crippen LogP contribution is -2.53. The lowest BCUT2D eigenvalue weighted by Gasteiger charge is -2.41. The van der Waals surface area contributed by atoms with E-state index in [0.717, 1.165) is 5.69 Å². The van der Waals surface area contributed by atoms with Gasteiger partial charge in [0.25, 0.3) is 5.91 Å². The summed E-state index contributed by atoms with van der Waals surface area (Å²) in [5.41, 5.74) is 0.867. The Morgan fingerprint density at radius 2 is 1.60 bits per heavy atom. The van der Waals surface area contributed by atoms with Crippen LogP contribution in [0.15, 0.2) is 41.5 Å². The fraction of sp³-hybridized carbons (Fsp3) is 0.524. The van der Waals surface area contributed by atoms with Crippen molar-refractivity contribution in [3.05, 3.63) is 41.5 Å². The maximum Gasteiger partial charge on any atom is 0.335 e. The highest BCUT2D eigenvalue weighted by Crippen LogP contribution is 2.42. The van der Waals surface area contributed by atoms with Crippen LogP contribution in [0.1, 0.15) is 19.8 Å². The third kappa shape index (κ3) is 3.72. The van der Waals surface area contributed by atoms with Crippen molar-refractivity contribution in [2.24, 2.45) is 0 Å². The first-order valence-electron chi connectivity index (χ1n) is 10.2. The number of carbonyl (C=O) groups is 2. The molecule has 0 bridgehead atoms. The van der Waals surface area contributed by atoms with Crippen molar-refractivity contribution in [2.75, 3.05) is 50.4 Å². The van der Waals surface area contributed by atoms with Crippen LogP contribution in [-0.4, -0.2) is 80.6 Å². The molecule has 3 heterocycles. The van der Waals surface area contributed by atoms with Gasteiger partial charge >= 0.3 is 5.97 Å². The molecule has 4 rings (SSSR count). The summed E-state index contributed by atoms with van der Waals surface area (Å²) in [6, 6.07) is 10.1. The van der Waals surface area contributed by atoms with Crippen molar-refractivity contribution < 1.29 is 22.7 Å². The molecule has 9 heteroatoms. The van der Waals surface area contributed by atoms with Gasteiger partial charge in [0.2, 0.25) is 10.0 Å². The fourth-order valence-electron chi connectivity index (χ4n) is 4.60. The van der Waals surface area contributed by atoms with E-state index < -0.39 is 21.6 Å². The number of amides is 1. The van der Waals surface area contributed by atoms with Gasteiger partial charge in [0.05, 0.1) is 11.8 Å². The van der Waals surface area contributed by atoms with Gasteiger partial charge in [-0.15, -0.1) is 0 Å². The number of carbonyl (C=O) groups excluding carboxylic acids is 2. The van der Waals surface area contributed by atoms with E-state index in [-0.39, 0.29) is 19.0 Å². The standard InChI is InChI=1S/C21H27N3O5S/c1-16-18(21(29-20(16)26)8-10-24(11-9-21)30(2,27)28)19(25)23-14-12-22(13-15-23)17-6-4-3-5-7-17/h3-7H,8-15H2,1-2H3. The molecule has 0 N–H and O–H groups in total. The van der Waals surface area contributed by atoms with Crippen molar-refractivity contribution in [1.82, 2.24) is 9.21 Å². The van der Waals surface area contributed by atoms with Gasteiger partial charge in [0, 0.05) is 63.4 Å². The number of para-hydroxylation sites is 1. The highest BCUT2D eigenvalue weighted by molar-refractivity contribution is 7.88. The summed E-state index contributed by atoms with van der Waals surface area (Å²) in [5, 5.41) is 0. The van der Waals surface area contributed by atoms with Crippen LogP contribution in [0.5, 0.6) is 0 Å². The Morgan fingerprint density at radius 3 is 2.17 bits per heavy atom. The highest BCUT2D eigenvalue weighted by Gasteiger charge is 2.52. The van der Waals surface area contributed by atoms with Crippen LogP contribution in [0.2, 0.25) is 0 Å². The summed E-state index contributed by atoms with van der Waals surface area (Å²) in [6.45, 7) is 4.65. The normalized spacial score (nSPS) is 22.5. The fourth-order valence-corrected chi connectivity index (χ4v) is 5.45. The highest BCUT2D eigenvalue weighted by atomic mass is 32.2. The van der Waals surface area contributed by atoms with Gasteiger partial charge in [-0.25, -0.2) is 17.5 Å². The van der Waals surface area contributed by atoms with E-state index in [2.05, 4.69) is 17.0 Å². The lowest BCUT2D eigenvalue weighted by atomic mass is 9.83. The maximum absolute atomic E-state index is 13.4. The second-order valence-corrected chi connectivity index (χ2v) is 10.1. The molecule has 0 aromatic heterocycles. The zero-order chi connectivity index (χ0) is 21.5. The monoisotopic (exact) mass is 433 g/mol. The van der Waals surface area contributed by atoms with Crippen LogP contribution >= 0.6 is 0 Å². The number of anilines is 1. The number of rotatable bonds is 3. The average Bonchev–Trinajstić information content (AvgIpc) is 2.97. The Kier molecular flexibility index (Phi) is 5.36. The van der Waals surface area contributed by atoms with Crippen molar-refractivity contribution in [3.63, 3.8) is 0 Å². The molecule has 3 aliphatic rings. The molecular formula is C21H27N3O5S. The predicted octanol–water partition coefficient (Wildman–Crippen LogP) is 1.00. The summed E-state index contributed by atoms with van der Waals surface area (Å²) >= 11 is 0. The second kappa shape index (κ2) is 7.70. The van der Waals surface area contributed by atoms with Crippen molar-refractivity contribution in [1.29, 1.82) is 0 Å². The first kappa shape index (κ1) is 20.9. The van der Waals surface area contributed by atoms with Crippen LogP contribution in [-0.2, 0) is 24.3 Å².